The van der Waals surface area contributed by atoms with Gasteiger partial charge in [-0.05, 0) is 24.3 Å². The minimum Gasteiger partial charge on any atom is -0.507 e. The first-order valence-electron chi connectivity index (χ1n) is 5.87. The summed E-state index contributed by atoms with van der Waals surface area (Å²) < 4.78 is 52.4. The number of alkyl halides is 3. The van der Waals surface area contributed by atoms with Gasteiger partial charge in [0.05, 0.1) is 11.1 Å². The maximum absolute atomic E-state index is 13.9. The molecule has 0 spiro atoms. The molecule has 0 aliphatic heterocycles. The molecule has 0 unspecified atom stereocenters. The second-order valence-electron chi connectivity index (χ2n) is 4.46. The van der Waals surface area contributed by atoms with Gasteiger partial charge in [-0.2, -0.15) is 18.4 Å². The topological polar surface area (TPSA) is 66.0 Å². The van der Waals surface area contributed by atoms with E-state index >= 15 is 0 Å². The number of nitriles is 1. The predicted molar refractivity (Wildman–Crippen MR) is 68.5 cm³/mol. The maximum Gasteiger partial charge on any atom is 0.431 e. The molecule has 0 atom stereocenters. The van der Waals surface area contributed by atoms with Crippen molar-refractivity contribution in [1.29, 1.82) is 5.26 Å². The van der Waals surface area contributed by atoms with Crippen molar-refractivity contribution in [2.75, 3.05) is 0 Å². The number of phenolic OH excluding ortho intramolecular Hbond substituents is 1. The average Bonchev–Trinajstić information content (AvgIpc) is 2.42. The summed E-state index contributed by atoms with van der Waals surface area (Å²) >= 11 is 0. The Morgan fingerprint density at radius 3 is 2.41 bits per heavy atom. The van der Waals surface area contributed by atoms with E-state index in [0.29, 0.717) is 16.7 Å². The summed E-state index contributed by atoms with van der Waals surface area (Å²) in [5, 5.41) is 18.2. The van der Waals surface area contributed by atoms with Crippen molar-refractivity contribution in [2.45, 2.75) is 6.18 Å². The normalized spacial score (nSPS) is 11.3. The lowest BCUT2D eigenvalue weighted by Gasteiger charge is -2.13. The molecule has 1 aromatic heterocycles. The molecule has 2 aromatic rings. The molecule has 22 heavy (non-hydrogen) atoms. The molecular weight excluding hydrogens is 304 g/mol. The fraction of sp³-hybridized carbons (Fsp3) is 0.143. The van der Waals surface area contributed by atoms with Crippen molar-refractivity contribution < 1.29 is 22.7 Å². The fourth-order valence-electron chi connectivity index (χ4n) is 1.98. The molecule has 1 aromatic carbocycles. The van der Waals surface area contributed by atoms with E-state index < -0.39 is 29.0 Å². The minimum absolute atomic E-state index is 0.343. The van der Waals surface area contributed by atoms with Gasteiger partial charge in [-0.15, -0.1) is 0 Å². The fourth-order valence-corrected chi connectivity index (χ4v) is 1.98. The Balaban J connectivity index is 2.71. The average molecular weight is 312 g/mol. The summed E-state index contributed by atoms with van der Waals surface area (Å²) in [6.45, 7) is 0. The summed E-state index contributed by atoms with van der Waals surface area (Å²) in [5.74, 6) is -1.56. The van der Waals surface area contributed by atoms with Crippen LogP contribution < -0.4 is 5.56 Å². The molecule has 0 fully saturated rings. The number of aromatic nitrogens is 1. The Hall–Kier alpha value is -2.82. The van der Waals surface area contributed by atoms with Crippen LogP contribution in [0.15, 0.2) is 29.1 Å². The number of halogens is 4. The van der Waals surface area contributed by atoms with E-state index in [1.165, 1.54) is 0 Å². The number of pyridine rings is 1. The summed E-state index contributed by atoms with van der Waals surface area (Å²) in [6, 6.07) is 4.56. The highest BCUT2D eigenvalue weighted by Gasteiger charge is 2.34. The van der Waals surface area contributed by atoms with Crippen LogP contribution in [0, 0.1) is 17.1 Å². The second kappa shape index (κ2) is 5.18. The molecular formula is C14H8F4N2O2. The van der Waals surface area contributed by atoms with Crippen molar-refractivity contribution in [1.82, 2.24) is 4.57 Å². The van der Waals surface area contributed by atoms with Crippen molar-refractivity contribution in [2.24, 2.45) is 7.05 Å². The van der Waals surface area contributed by atoms with E-state index in [1.807, 2.05) is 0 Å². The molecule has 1 N–H and O–H groups in total. The smallest absolute Gasteiger partial charge is 0.431 e. The minimum atomic E-state index is -4.72. The highest BCUT2D eigenvalue weighted by Crippen LogP contribution is 2.31. The number of benzene rings is 1. The molecule has 2 rings (SSSR count). The van der Waals surface area contributed by atoms with Gasteiger partial charge in [-0.3, -0.25) is 4.79 Å². The molecule has 0 amide bonds. The molecule has 0 aliphatic rings. The first kappa shape index (κ1) is 15.6. The molecule has 8 heteroatoms. The monoisotopic (exact) mass is 312 g/mol. The Labute approximate surface area is 121 Å². The lowest BCUT2D eigenvalue weighted by Crippen LogP contribution is -2.26. The molecule has 0 saturated carbocycles. The van der Waals surface area contributed by atoms with E-state index in [9.17, 15) is 27.5 Å². The van der Waals surface area contributed by atoms with Crippen LogP contribution in [0.5, 0.6) is 5.75 Å². The molecule has 114 valence electrons. The van der Waals surface area contributed by atoms with Crippen LogP contribution in [0.3, 0.4) is 0 Å². The van der Waals surface area contributed by atoms with E-state index in [-0.39, 0.29) is 16.7 Å². The lowest BCUT2D eigenvalue weighted by atomic mass is 10.0. The standard InChI is InChI=1S/C14H8F4N2O2/c1-20-12(14(16,17)18)3-2-8(13(20)22)9-5-11(21)7(6-19)4-10(9)15/h2-5,21H,1H3. The van der Waals surface area contributed by atoms with Gasteiger partial charge in [-0.25, -0.2) is 4.39 Å². The molecule has 4 nitrogen and oxygen atoms in total. The van der Waals surface area contributed by atoms with Gasteiger partial charge in [-0.1, -0.05) is 0 Å². The third-order valence-corrected chi connectivity index (χ3v) is 3.09. The number of nitrogens with zero attached hydrogens (tertiary/aromatic N) is 2. The van der Waals surface area contributed by atoms with E-state index in [4.69, 9.17) is 5.26 Å². The molecule has 0 bridgehead atoms. The Morgan fingerprint density at radius 1 is 1.23 bits per heavy atom. The summed E-state index contributed by atoms with van der Waals surface area (Å²) in [5.41, 5.74) is -3.33. The molecule has 0 aliphatic carbocycles. The van der Waals surface area contributed by atoms with Gasteiger partial charge in [0.1, 0.15) is 23.3 Å². The van der Waals surface area contributed by atoms with E-state index in [1.54, 1.807) is 6.07 Å². The van der Waals surface area contributed by atoms with Crippen molar-refractivity contribution in [3.05, 3.63) is 51.7 Å². The van der Waals surface area contributed by atoms with Gasteiger partial charge >= 0.3 is 6.18 Å². The van der Waals surface area contributed by atoms with Crippen LogP contribution in [0.4, 0.5) is 17.6 Å². The molecule has 0 saturated heterocycles. The van der Waals surface area contributed by atoms with Gasteiger partial charge in [0.25, 0.3) is 5.56 Å². The second-order valence-corrected chi connectivity index (χ2v) is 4.46. The van der Waals surface area contributed by atoms with Gasteiger partial charge in [0.2, 0.25) is 0 Å². The molecule has 1 heterocycles. The Bertz CT molecular complexity index is 848. The summed E-state index contributed by atoms with van der Waals surface area (Å²) in [4.78, 5) is 12.0. The number of rotatable bonds is 1. The first-order valence-corrected chi connectivity index (χ1v) is 5.87. The van der Waals surface area contributed by atoms with Crippen molar-refractivity contribution in [3.63, 3.8) is 0 Å². The van der Waals surface area contributed by atoms with Gasteiger partial charge in [0, 0.05) is 12.6 Å². The van der Waals surface area contributed by atoms with Crippen LogP contribution in [0.2, 0.25) is 0 Å². The number of hydrogen-bond acceptors (Lipinski definition) is 3. The van der Waals surface area contributed by atoms with Crippen molar-refractivity contribution >= 4 is 0 Å². The highest BCUT2D eigenvalue weighted by atomic mass is 19.4. The summed E-state index contributed by atoms with van der Waals surface area (Å²) in [7, 11) is 0.913. The highest BCUT2D eigenvalue weighted by molar-refractivity contribution is 5.67. The van der Waals surface area contributed by atoms with E-state index in [2.05, 4.69) is 0 Å². The van der Waals surface area contributed by atoms with Crippen LogP contribution >= 0.6 is 0 Å². The van der Waals surface area contributed by atoms with Crippen LogP contribution in [0.1, 0.15) is 11.3 Å². The Morgan fingerprint density at radius 2 is 1.86 bits per heavy atom. The lowest BCUT2D eigenvalue weighted by molar-refractivity contribution is -0.143. The third-order valence-electron chi connectivity index (χ3n) is 3.09. The third kappa shape index (κ3) is 2.53. The first-order chi connectivity index (χ1) is 10.2. The zero-order valence-corrected chi connectivity index (χ0v) is 11.1. The largest absolute Gasteiger partial charge is 0.507 e. The zero-order valence-electron chi connectivity index (χ0n) is 11.1. The van der Waals surface area contributed by atoms with Crippen LogP contribution in [-0.4, -0.2) is 9.67 Å². The number of aromatic hydroxyl groups is 1. The number of phenols is 1. The summed E-state index contributed by atoms with van der Waals surface area (Å²) in [6.07, 6.45) is -4.72. The van der Waals surface area contributed by atoms with Crippen molar-refractivity contribution in [3.8, 4) is 22.9 Å². The van der Waals surface area contributed by atoms with E-state index in [0.717, 1.165) is 19.2 Å². The number of hydrogen-bond donors (Lipinski definition) is 1. The zero-order chi connectivity index (χ0) is 16.7. The quantitative estimate of drug-likeness (QED) is 0.823. The Kier molecular flexibility index (Phi) is 3.67. The van der Waals surface area contributed by atoms with Crippen LogP contribution in [-0.2, 0) is 13.2 Å². The van der Waals surface area contributed by atoms with Crippen LogP contribution in [0.25, 0.3) is 11.1 Å². The SMILES string of the molecule is Cn1c(C(F)(F)F)ccc(-c2cc(O)c(C#N)cc2F)c1=O. The maximum atomic E-state index is 13.9. The van der Waals surface area contributed by atoms with Gasteiger partial charge in [0.15, 0.2) is 0 Å². The molecule has 0 radical (unpaired) electrons. The predicted octanol–water partition coefficient (Wildman–Crippen LogP) is 2.79. The van der Waals surface area contributed by atoms with Gasteiger partial charge < -0.3 is 9.67 Å².